The van der Waals surface area contributed by atoms with Crippen LogP contribution in [0.1, 0.15) is 18.9 Å². The maximum atomic E-state index is 12.1. The first-order valence-electron chi connectivity index (χ1n) is 10.5. The number of nitrogens with zero attached hydrogens (tertiary/aromatic N) is 3. The Morgan fingerprint density at radius 3 is 2.48 bits per heavy atom. The zero-order valence-electron chi connectivity index (χ0n) is 18.5. The SMILES string of the molecule is CCNC(=NCCCOCC(F)(F)F)N1CCN(Cc2cc(OC)ccc2OC)CC1. The Bertz CT molecular complexity index is 693. The predicted octanol–water partition coefficient (Wildman–Crippen LogP) is 2.76. The van der Waals surface area contributed by atoms with Crippen molar-refractivity contribution in [1.29, 1.82) is 0 Å². The van der Waals surface area contributed by atoms with Gasteiger partial charge in [-0.3, -0.25) is 9.89 Å². The van der Waals surface area contributed by atoms with Crippen LogP contribution in [0, 0.1) is 0 Å². The van der Waals surface area contributed by atoms with Crippen LogP contribution in [-0.4, -0.2) is 88.6 Å². The number of aliphatic imine (C=N–C) groups is 1. The van der Waals surface area contributed by atoms with Crippen molar-refractivity contribution in [1.82, 2.24) is 15.1 Å². The highest BCUT2D eigenvalue weighted by Crippen LogP contribution is 2.25. The molecule has 0 saturated carbocycles. The van der Waals surface area contributed by atoms with Crippen molar-refractivity contribution in [3.05, 3.63) is 23.8 Å². The number of nitrogens with one attached hydrogen (secondary N) is 1. The normalized spacial score (nSPS) is 15.8. The molecule has 7 nitrogen and oxygen atoms in total. The molecule has 1 aliphatic heterocycles. The first kappa shape index (κ1) is 25.1. The number of guanidine groups is 1. The fraction of sp³-hybridized carbons (Fsp3) is 0.667. The average Bonchev–Trinajstić information content (AvgIpc) is 2.75. The Kier molecular flexibility index (Phi) is 10.2. The number of piperazine rings is 1. The van der Waals surface area contributed by atoms with E-state index >= 15 is 0 Å². The van der Waals surface area contributed by atoms with Gasteiger partial charge in [-0.25, -0.2) is 0 Å². The van der Waals surface area contributed by atoms with Crippen molar-refractivity contribution in [2.75, 3.05) is 66.7 Å². The molecule has 0 aliphatic carbocycles. The van der Waals surface area contributed by atoms with Gasteiger partial charge in [-0.1, -0.05) is 0 Å². The molecule has 2 rings (SSSR count). The Labute approximate surface area is 182 Å². The van der Waals surface area contributed by atoms with Gasteiger partial charge in [-0.05, 0) is 31.5 Å². The molecule has 10 heteroatoms. The first-order valence-corrected chi connectivity index (χ1v) is 10.5. The fourth-order valence-corrected chi connectivity index (χ4v) is 3.33. The molecule has 1 heterocycles. The number of hydrogen-bond donors (Lipinski definition) is 1. The monoisotopic (exact) mass is 446 g/mol. The second kappa shape index (κ2) is 12.6. The maximum absolute atomic E-state index is 12.1. The van der Waals surface area contributed by atoms with Gasteiger partial charge < -0.3 is 24.4 Å². The molecule has 0 atom stereocenters. The molecule has 0 amide bonds. The lowest BCUT2D eigenvalue weighted by molar-refractivity contribution is -0.173. The van der Waals surface area contributed by atoms with Gasteiger partial charge in [0.2, 0.25) is 0 Å². The van der Waals surface area contributed by atoms with Crippen LogP contribution in [0.2, 0.25) is 0 Å². The molecule has 0 bridgehead atoms. The van der Waals surface area contributed by atoms with Crippen LogP contribution >= 0.6 is 0 Å². The molecule has 31 heavy (non-hydrogen) atoms. The number of ether oxygens (including phenoxy) is 3. The molecular formula is C21H33F3N4O3. The molecule has 0 radical (unpaired) electrons. The lowest BCUT2D eigenvalue weighted by Gasteiger charge is -2.36. The predicted molar refractivity (Wildman–Crippen MR) is 114 cm³/mol. The van der Waals surface area contributed by atoms with Crippen molar-refractivity contribution in [2.45, 2.75) is 26.1 Å². The van der Waals surface area contributed by atoms with E-state index in [0.29, 0.717) is 13.0 Å². The summed E-state index contributed by atoms with van der Waals surface area (Å²) in [5.41, 5.74) is 1.08. The second-order valence-electron chi connectivity index (χ2n) is 7.20. The second-order valence-corrected chi connectivity index (χ2v) is 7.20. The smallest absolute Gasteiger partial charge is 0.411 e. The first-order chi connectivity index (χ1) is 14.9. The van der Waals surface area contributed by atoms with Crippen LogP contribution in [0.4, 0.5) is 13.2 Å². The minimum Gasteiger partial charge on any atom is -0.497 e. The largest absolute Gasteiger partial charge is 0.497 e. The summed E-state index contributed by atoms with van der Waals surface area (Å²) >= 11 is 0. The van der Waals surface area contributed by atoms with Gasteiger partial charge >= 0.3 is 6.18 Å². The van der Waals surface area contributed by atoms with E-state index in [-0.39, 0.29) is 6.61 Å². The Hall–Kier alpha value is -2.20. The van der Waals surface area contributed by atoms with E-state index in [1.165, 1.54) is 0 Å². The number of alkyl halides is 3. The fourth-order valence-electron chi connectivity index (χ4n) is 3.33. The van der Waals surface area contributed by atoms with Gasteiger partial charge in [0.25, 0.3) is 0 Å². The molecule has 0 aromatic heterocycles. The summed E-state index contributed by atoms with van der Waals surface area (Å²) < 4.78 is 51.7. The van der Waals surface area contributed by atoms with Crippen molar-refractivity contribution in [3.8, 4) is 11.5 Å². The molecule has 176 valence electrons. The minimum absolute atomic E-state index is 0.0402. The van der Waals surface area contributed by atoms with E-state index < -0.39 is 12.8 Å². The van der Waals surface area contributed by atoms with Crippen molar-refractivity contribution >= 4 is 5.96 Å². The van der Waals surface area contributed by atoms with Crippen molar-refractivity contribution in [2.24, 2.45) is 4.99 Å². The molecule has 0 unspecified atom stereocenters. The Balaban J connectivity index is 1.83. The molecular weight excluding hydrogens is 413 g/mol. The third-order valence-electron chi connectivity index (χ3n) is 4.86. The lowest BCUT2D eigenvalue weighted by atomic mass is 10.1. The maximum Gasteiger partial charge on any atom is 0.411 e. The summed E-state index contributed by atoms with van der Waals surface area (Å²) in [6.45, 7) is 6.07. The number of halogens is 3. The van der Waals surface area contributed by atoms with Gasteiger partial charge in [0.15, 0.2) is 5.96 Å². The molecule has 0 spiro atoms. The third-order valence-corrected chi connectivity index (χ3v) is 4.86. The summed E-state index contributed by atoms with van der Waals surface area (Å²) in [4.78, 5) is 9.07. The van der Waals surface area contributed by atoms with Crippen LogP contribution in [0.5, 0.6) is 11.5 Å². The highest BCUT2D eigenvalue weighted by Gasteiger charge is 2.27. The molecule has 1 aromatic carbocycles. The van der Waals surface area contributed by atoms with Crippen molar-refractivity contribution < 1.29 is 27.4 Å². The Morgan fingerprint density at radius 1 is 1.13 bits per heavy atom. The van der Waals surface area contributed by atoms with Crippen LogP contribution in [0.25, 0.3) is 0 Å². The topological polar surface area (TPSA) is 58.6 Å². The van der Waals surface area contributed by atoms with Gasteiger partial charge in [0.05, 0.1) is 14.2 Å². The van der Waals surface area contributed by atoms with E-state index in [1.807, 2.05) is 25.1 Å². The summed E-state index contributed by atoms with van der Waals surface area (Å²) in [6, 6.07) is 5.80. The summed E-state index contributed by atoms with van der Waals surface area (Å²) in [5.74, 6) is 2.43. The zero-order valence-corrected chi connectivity index (χ0v) is 18.5. The zero-order chi connectivity index (χ0) is 22.7. The number of methoxy groups -OCH3 is 2. The minimum atomic E-state index is -4.28. The van der Waals surface area contributed by atoms with Gasteiger partial charge in [-0.2, -0.15) is 13.2 Å². The number of benzene rings is 1. The van der Waals surface area contributed by atoms with E-state index in [2.05, 4.69) is 24.8 Å². The summed E-state index contributed by atoms with van der Waals surface area (Å²) in [6.07, 6.45) is -3.84. The third kappa shape index (κ3) is 8.82. The standard InChI is InChI=1S/C21H33F3N4O3/c1-4-25-20(26-8-5-13-31-16-21(22,23)24)28-11-9-27(10-12-28)15-17-14-18(29-2)6-7-19(17)30-3/h6-7,14H,4-5,8-13,15-16H2,1-3H3,(H,25,26). The number of rotatable bonds is 10. The number of hydrogen-bond acceptors (Lipinski definition) is 5. The van der Waals surface area contributed by atoms with E-state index in [0.717, 1.165) is 62.3 Å². The molecule has 1 aromatic rings. The van der Waals surface area contributed by atoms with E-state index in [4.69, 9.17) is 9.47 Å². The van der Waals surface area contributed by atoms with Crippen LogP contribution in [0.3, 0.4) is 0 Å². The molecule has 1 fully saturated rings. The van der Waals surface area contributed by atoms with Crippen molar-refractivity contribution in [3.63, 3.8) is 0 Å². The van der Waals surface area contributed by atoms with Gasteiger partial charge in [0, 0.05) is 58.0 Å². The van der Waals surface area contributed by atoms with Gasteiger partial charge in [-0.15, -0.1) is 0 Å². The van der Waals surface area contributed by atoms with E-state index in [9.17, 15) is 13.2 Å². The van der Waals surface area contributed by atoms with E-state index in [1.54, 1.807) is 14.2 Å². The molecule has 1 saturated heterocycles. The quantitative estimate of drug-likeness (QED) is 0.339. The summed E-state index contributed by atoms with van der Waals surface area (Å²) in [7, 11) is 3.31. The lowest BCUT2D eigenvalue weighted by Crippen LogP contribution is -2.52. The average molecular weight is 447 g/mol. The molecule has 1 N–H and O–H groups in total. The molecule has 1 aliphatic rings. The highest BCUT2D eigenvalue weighted by atomic mass is 19.4. The van der Waals surface area contributed by atoms with Crippen LogP contribution in [0.15, 0.2) is 23.2 Å². The van der Waals surface area contributed by atoms with Gasteiger partial charge in [0.1, 0.15) is 18.1 Å². The summed E-state index contributed by atoms with van der Waals surface area (Å²) in [5, 5.41) is 3.27. The van der Waals surface area contributed by atoms with Crippen LogP contribution in [-0.2, 0) is 11.3 Å². The Morgan fingerprint density at radius 2 is 1.87 bits per heavy atom. The highest BCUT2D eigenvalue weighted by molar-refractivity contribution is 5.80. The van der Waals surface area contributed by atoms with Crippen LogP contribution < -0.4 is 14.8 Å².